The monoisotopic (exact) mass is 427 g/mol. The van der Waals surface area contributed by atoms with Crippen molar-refractivity contribution in [2.45, 2.75) is 77.5 Å². The van der Waals surface area contributed by atoms with Crippen LogP contribution in [0.4, 0.5) is 14.9 Å². The molecule has 0 aromatic heterocycles. The van der Waals surface area contributed by atoms with E-state index in [2.05, 4.69) is 28.8 Å². The molecule has 1 heterocycles. The van der Waals surface area contributed by atoms with E-state index in [1.807, 2.05) is 27.7 Å². The second-order valence-corrected chi connectivity index (χ2v) is 10.7. The van der Waals surface area contributed by atoms with E-state index < -0.39 is 21.3 Å². The Bertz CT molecular complexity index is 801. The highest BCUT2D eigenvalue weighted by molar-refractivity contribution is 7.90. The molecule has 8 heteroatoms. The molecule has 0 spiro atoms. The predicted octanol–water partition coefficient (Wildman–Crippen LogP) is 4.40. The van der Waals surface area contributed by atoms with Crippen LogP contribution in [0.2, 0.25) is 0 Å². The molecular weight excluding hydrogens is 393 g/mol. The molecule has 0 unspecified atom stereocenters. The van der Waals surface area contributed by atoms with Crippen molar-refractivity contribution in [2.75, 3.05) is 18.4 Å². The Balaban J connectivity index is 2.17. The van der Waals surface area contributed by atoms with Crippen molar-refractivity contribution in [1.29, 1.82) is 0 Å². The number of nitrogens with one attached hydrogen (secondary N) is 2. The second kappa shape index (κ2) is 9.43. The number of halogens is 1. The lowest BCUT2D eigenvalue weighted by Crippen LogP contribution is -2.47. The fourth-order valence-electron chi connectivity index (χ4n) is 3.76. The van der Waals surface area contributed by atoms with Gasteiger partial charge in [-0.2, -0.15) is 0 Å². The summed E-state index contributed by atoms with van der Waals surface area (Å²) in [6.07, 6.45) is 0.984. The minimum Gasteiger partial charge on any atom is -0.307 e. The largest absolute Gasteiger partial charge is 0.332 e. The maximum Gasteiger partial charge on any atom is 0.332 e. The minimum absolute atomic E-state index is 0.0320. The van der Waals surface area contributed by atoms with Crippen molar-refractivity contribution >= 4 is 21.7 Å². The average molecular weight is 428 g/mol. The standard InChI is InChI=1S/C21H34FN3O3S/c1-13(2)18-11-16(22)12-19(14(3)4)20(18)23-21(26)24-29(27,28)17-7-9-25(10-8-17)15(5)6/h11-15,17H,7-10H2,1-6H3,(H2,23,24,26). The van der Waals surface area contributed by atoms with Gasteiger partial charge >= 0.3 is 6.03 Å². The van der Waals surface area contributed by atoms with Gasteiger partial charge in [0.05, 0.1) is 5.25 Å². The number of anilines is 1. The quantitative estimate of drug-likeness (QED) is 0.705. The first-order valence-corrected chi connectivity index (χ1v) is 11.9. The first-order valence-electron chi connectivity index (χ1n) is 10.3. The van der Waals surface area contributed by atoms with Gasteiger partial charge in [0.25, 0.3) is 0 Å². The van der Waals surface area contributed by atoms with Crippen LogP contribution >= 0.6 is 0 Å². The molecule has 29 heavy (non-hydrogen) atoms. The molecule has 2 amide bonds. The lowest BCUT2D eigenvalue weighted by molar-refractivity contribution is 0.186. The number of likely N-dealkylation sites (tertiary alicyclic amines) is 1. The smallest absolute Gasteiger partial charge is 0.307 e. The molecular formula is C21H34FN3O3S. The number of urea groups is 1. The Hall–Kier alpha value is -1.67. The summed E-state index contributed by atoms with van der Waals surface area (Å²) in [5, 5.41) is 2.09. The van der Waals surface area contributed by atoms with E-state index in [4.69, 9.17) is 0 Å². The van der Waals surface area contributed by atoms with E-state index in [1.165, 1.54) is 12.1 Å². The molecule has 0 aliphatic carbocycles. The van der Waals surface area contributed by atoms with Crippen LogP contribution in [-0.4, -0.2) is 43.7 Å². The topological polar surface area (TPSA) is 78.5 Å². The van der Waals surface area contributed by atoms with Crippen molar-refractivity contribution in [3.63, 3.8) is 0 Å². The highest BCUT2D eigenvalue weighted by Gasteiger charge is 2.32. The third-order valence-corrected chi connectivity index (χ3v) is 7.35. The zero-order chi connectivity index (χ0) is 21.9. The number of carbonyl (C=O) groups excluding carboxylic acids is 1. The summed E-state index contributed by atoms with van der Waals surface area (Å²) in [5.41, 5.74) is 1.77. The van der Waals surface area contributed by atoms with Gasteiger partial charge in [-0.3, -0.25) is 0 Å². The van der Waals surface area contributed by atoms with E-state index in [1.54, 1.807) is 0 Å². The Labute approximate surface area is 174 Å². The number of benzene rings is 1. The number of hydrogen-bond acceptors (Lipinski definition) is 4. The van der Waals surface area contributed by atoms with Gasteiger partial charge in [0.15, 0.2) is 0 Å². The van der Waals surface area contributed by atoms with Gasteiger partial charge in [0.1, 0.15) is 5.82 Å². The van der Waals surface area contributed by atoms with Crippen LogP contribution in [-0.2, 0) is 10.0 Å². The summed E-state index contributed by atoms with van der Waals surface area (Å²) < 4.78 is 41.6. The molecule has 0 radical (unpaired) electrons. The summed E-state index contributed by atoms with van der Waals surface area (Å²) in [6, 6.07) is 2.36. The van der Waals surface area contributed by atoms with E-state index >= 15 is 0 Å². The van der Waals surface area contributed by atoms with Gasteiger partial charge in [-0.05, 0) is 74.9 Å². The normalized spacial score (nSPS) is 16.6. The fraction of sp³-hybridized carbons (Fsp3) is 0.667. The number of nitrogens with zero attached hydrogens (tertiary/aromatic N) is 1. The molecule has 0 saturated carbocycles. The van der Waals surface area contributed by atoms with Crippen molar-refractivity contribution in [1.82, 2.24) is 9.62 Å². The summed E-state index contributed by atoms with van der Waals surface area (Å²) in [6.45, 7) is 13.2. The summed E-state index contributed by atoms with van der Waals surface area (Å²) >= 11 is 0. The van der Waals surface area contributed by atoms with Crippen molar-refractivity contribution < 1.29 is 17.6 Å². The molecule has 1 aliphatic rings. The molecule has 0 atom stereocenters. The van der Waals surface area contributed by atoms with Crippen molar-refractivity contribution in [3.8, 4) is 0 Å². The Morgan fingerprint density at radius 2 is 1.52 bits per heavy atom. The zero-order valence-corrected chi connectivity index (χ0v) is 19.1. The molecule has 2 N–H and O–H groups in total. The van der Waals surface area contributed by atoms with Gasteiger partial charge in [-0.1, -0.05) is 27.7 Å². The van der Waals surface area contributed by atoms with Crippen LogP contribution in [0, 0.1) is 5.82 Å². The third kappa shape index (κ3) is 5.92. The molecule has 1 aliphatic heterocycles. The number of rotatable bonds is 6. The van der Waals surface area contributed by atoms with Crippen molar-refractivity contribution in [2.24, 2.45) is 0 Å². The number of piperidine rings is 1. The van der Waals surface area contributed by atoms with Crippen LogP contribution in [0.5, 0.6) is 0 Å². The molecule has 6 nitrogen and oxygen atoms in total. The van der Waals surface area contributed by atoms with E-state index in [9.17, 15) is 17.6 Å². The van der Waals surface area contributed by atoms with Gasteiger partial charge < -0.3 is 10.2 Å². The predicted molar refractivity (Wildman–Crippen MR) is 115 cm³/mol. The van der Waals surface area contributed by atoms with Crippen LogP contribution < -0.4 is 10.0 Å². The average Bonchev–Trinajstić information content (AvgIpc) is 2.62. The molecule has 0 bridgehead atoms. The van der Waals surface area contributed by atoms with Crippen LogP contribution in [0.25, 0.3) is 0 Å². The zero-order valence-electron chi connectivity index (χ0n) is 18.3. The van der Waals surface area contributed by atoms with Crippen LogP contribution in [0.1, 0.15) is 77.3 Å². The summed E-state index contributed by atoms with van der Waals surface area (Å²) in [5.74, 6) is -0.432. The summed E-state index contributed by atoms with van der Waals surface area (Å²) in [4.78, 5) is 14.8. The van der Waals surface area contributed by atoms with Crippen LogP contribution in [0.3, 0.4) is 0 Å². The number of amides is 2. The highest BCUT2D eigenvalue weighted by Crippen LogP contribution is 2.33. The Morgan fingerprint density at radius 1 is 1.03 bits per heavy atom. The SMILES string of the molecule is CC(C)c1cc(F)cc(C(C)C)c1NC(=O)NS(=O)(=O)C1CCN(C(C)C)CC1. The van der Waals surface area contributed by atoms with E-state index in [0.717, 1.165) is 0 Å². The lowest BCUT2D eigenvalue weighted by Gasteiger charge is -2.34. The molecule has 1 aromatic rings. The van der Waals surface area contributed by atoms with Gasteiger partial charge in [0.2, 0.25) is 10.0 Å². The molecule has 2 rings (SSSR count). The van der Waals surface area contributed by atoms with Crippen LogP contribution in [0.15, 0.2) is 12.1 Å². The van der Waals surface area contributed by atoms with Crippen molar-refractivity contribution in [3.05, 3.63) is 29.1 Å². The second-order valence-electron chi connectivity index (χ2n) is 8.70. The highest BCUT2D eigenvalue weighted by atomic mass is 32.2. The van der Waals surface area contributed by atoms with Gasteiger partial charge in [-0.25, -0.2) is 22.3 Å². The molecule has 1 saturated heterocycles. The Morgan fingerprint density at radius 3 is 1.93 bits per heavy atom. The number of hydrogen-bond donors (Lipinski definition) is 2. The minimum atomic E-state index is -3.79. The van der Waals surface area contributed by atoms with Gasteiger partial charge in [0, 0.05) is 11.7 Å². The molecule has 1 fully saturated rings. The molecule has 164 valence electrons. The van der Waals surface area contributed by atoms with E-state index in [-0.39, 0.29) is 17.7 Å². The Kier molecular flexibility index (Phi) is 7.67. The molecule has 1 aromatic carbocycles. The third-order valence-electron chi connectivity index (χ3n) is 5.53. The first-order chi connectivity index (χ1) is 13.4. The maximum absolute atomic E-state index is 14.0. The first kappa shape index (κ1) is 23.6. The maximum atomic E-state index is 14.0. The lowest BCUT2D eigenvalue weighted by atomic mass is 9.92. The van der Waals surface area contributed by atoms with E-state index in [0.29, 0.717) is 48.8 Å². The number of sulfonamides is 1. The summed E-state index contributed by atoms with van der Waals surface area (Å²) in [7, 11) is -3.79. The number of carbonyl (C=O) groups is 1. The van der Waals surface area contributed by atoms with Gasteiger partial charge in [-0.15, -0.1) is 0 Å². The fourth-order valence-corrected chi connectivity index (χ4v) is 5.07.